The fraction of sp³-hybridized carbons (Fsp3) is 0.429. The van der Waals surface area contributed by atoms with Crippen LogP contribution in [0.5, 0.6) is 0 Å². The van der Waals surface area contributed by atoms with Gasteiger partial charge in [0.05, 0.1) is 11.6 Å². The lowest BCUT2D eigenvalue weighted by molar-refractivity contribution is 0.160. The molecule has 0 aliphatic carbocycles. The Balaban J connectivity index is 3.77. The maximum Gasteiger partial charge on any atom is 0.0903 e. The molecular formula is C7H12BrNO2. The normalized spacial score (nSPS) is 14.6. The molecule has 1 unspecified atom stereocenters. The predicted molar refractivity (Wildman–Crippen MR) is 47.6 cm³/mol. The molecule has 0 spiro atoms. The SMILES string of the molecule is C=C/C(=C\CC(Br)NO)CO. The van der Waals surface area contributed by atoms with Gasteiger partial charge in [-0.05, 0) is 12.0 Å². The van der Waals surface area contributed by atoms with Gasteiger partial charge in [-0.25, -0.2) is 0 Å². The summed E-state index contributed by atoms with van der Waals surface area (Å²) in [6, 6.07) is 0. The molecule has 0 rings (SSSR count). The molecule has 0 heterocycles. The Bertz CT molecular complexity index is 147. The first-order chi connectivity index (χ1) is 5.24. The second kappa shape index (κ2) is 6.54. The van der Waals surface area contributed by atoms with Gasteiger partial charge in [-0.3, -0.25) is 0 Å². The van der Waals surface area contributed by atoms with E-state index < -0.39 is 0 Å². The molecular weight excluding hydrogens is 210 g/mol. The highest BCUT2D eigenvalue weighted by Gasteiger charge is 1.97. The van der Waals surface area contributed by atoms with Gasteiger partial charge in [0.25, 0.3) is 0 Å². The maximum atomic E-state index is 8.67. The van der Waals surface area contributed by atoms with E-state index in [9.17, 15) is 0 Å². The lowest BCUT2D eigenvalue weighted by Gasteiger charge is -2.03. The van der Waals surface area contributed by atoms with E-state index in [1.165, 1.54) is 0 Å². The van der Waals surface area contributed by atoms with E-state index in [4.69, 9.17) is 10.3 Å². The molecule has 1 atom stereocenters. The van der Waals surface area contributed by atoms with Crippen molar-refractivity contribution >= 4 is 15.9 Å². The van der Waals surface area contributed by atoms with Gasteiger partial charge in [0, 0.05) is 0 Å². The highest BCUT2D eigenvalue weighted by atomic mass is 79.9. The number of aliphatic hydroxyl groups excluding tert-OH is 1. The Hall–Kier alpha value is -0.160. The number of aliphatic hydroxyl groups is 1. The van der Waals surface area contributed by atoms with Crippen LogP contribution in [0.4, 0.5) is 0 Å². The quantitative estimate of drug-likeness (QED) is 0.283. The number of hydroxylamine groups is 1. The summed E-state index contributed by atoms with van der Waals surface area (Å²) in [6.45, 7) is 3.49. The molecule has 0 aliphatic heterocycles. The molecule has 4 heteroatoms. The van der Waals surface area contributed by atoms with E-state index in [1.54, 1.807) is 12.2 Å². The van der Waals surface area contributed by atoms with E-state index in [-0.39, 0.29) is 11.6 Å². The van der Waals surface area contributed by atoms with Crippen molar-refractivity contribution in [2.75, 3.05) is 6.61 Å². The van der Waals surface area contributed by atoms with Crippen LogP contribution in [0.2, 0.25) is 0 Å². The summed E-state index contributed by atoms with van der Waals surface area (Å²) >= 11 is 3.14. The minimum absolute atomic E-state index is 0.0192. The van der Waals surface area contributed by atoms with Crippen LogP contribution in [0.1, 0.15) is 6.42 Å². The predicted octanol–water partition coefficient (Wildman–Crippen LogP) is 1.18. The number of rotatable bonds is 5. The van der Waals surface area contributed by atoms with Crippen molar-refractivity contribution in [3.63, 3.8) is 0 Å². The van der Waals surface area contributed by atoms with Crippen LogP contribution in [0.15, 0.2) is 24.3 Å². The van der Waals surface area contributed by atoms with Gasteiger partial charge in [0.2, 0.25) is 0 Å². The molecule has 11 heavy (non-hydrogen) atoms. The molecule has 0 saturated heterocycles. The molecule has 0 saturated carbocycles. The summed E-state index contributed by atoms with van der Waals surface area (Å²) in [4.78, 5) is -0.177. The Morgan fingerprint density at radius 3 is 2.73 bits per heavy atom. The van der Waals surface area contributed by atoms with E-state index in [0.29, 0.717) is 6.42 Å². The average Bonchev–Trinajstić information content (AvgIpc) is 2.06. The van der Waals surface area contributed by atoms with E-state index in [1.807, 2.05) is 5.48 Å². The van der Waals surface area contributed by atoms with Crippen LogP contribution >= 0.6 is 15.9 Å². The van der Waals surface area contributed by atoms with Gasteiger partial charge < -0.3 is 10.3 Å². The monoisotopic (exact) mass is 221 g/mol. The lowest BCUT2D eigenvalue weighted by atomic mass is 10.2. The largest absolute Gasteiger partial charge is 0.392 e. The van der Waals surface area contributed by atoms with Gasteiger partial charge in [-0.15, -0.1) is 0 Å². The number of hydrogen-bond donors (Lipinski definition) is 3. The Labute approximate surface area is 74.5 Å². The molecule has 0 amide bonds. The fourth-order valence-electron chi connectivity index (χ4n) is 0.520. The molecule has 3 nitrogen and oxygen atoms in total. The van der Waals surface area contributed by atoms with Gasteiger partial charge in [-0.1, -0.05) is 34.7 Å². The third kappa shape index (κ3) is 5.15. The molecule has 3 N–H and O–H groups in total. The molecule has 0 aromatic rings. The Kier molecular flexibility index (Phi) is 6.45. The van der Waals surface area contributed by atoms with Gasteiger partial charge >= 0.3 is 0 Å². The van der Waals surface area contributed by atoms with Crippen LogP contribution in [0.3, 0.4) is 0 Å². The first-order valence-corrected chi connectivity index (χ1v) is 4.12. The topological polar surface area (TPSA) is 52.5 Å². The second-order valence-corrected chi connectivity index (χ2v) is 3.08. The minimum Gasteiger partial charge on any atom is -0.392 e. The number of halogens is 1. The standard InChI is InChI=1S/C7H12BrNO2/c1-2-6(5-10)3-4-7(8)9-11/h2-3,7,9-11H,1,4-5H2/b6-3+. The number of hydrogen-bond acceptors (Lipinski definition) is 3. The summed E-state index contributed by atoms with van der Waals surface area (Å²) in [7, 11) is 0. The van der Waals surface area contributed by atoms with E-state index >= 15 is 0 Å². The summed E-state index contributed by atoms with van der Waals surface area (Å²) in [5.41, 5.74) is 2.78. The van der Waals surface area contributed by atoms with Crippen LogP contribution < -0.4 is 5.48 Å². The third-order valence-electron chi connectivity index (χ3n) is 1.17. The Morgan fingerprint density at radius 1 is 1.73 bits per heavy atom. The average molecular weight is 222 g/mol. The summed E-state index contributed by atoms with van der Waals surface area (Å²) in [6.07, 6.45) is 3.96. The zero-order valence-electron chi connectivity index (χ0n) is 6.13. The highest BCUT2D eigenvalue weighted by Crippen LogP contribution is 2.04. The van der Waals surface area contributed by atoms with Crippen molar-refractivity contribution in [2.24, 2.45) is 0 Å². The van der Waals surface area contributed by atoms with Crippen LogP contribution in [0.25, 0.3) is 0 Å². The maximum absolute atomic E-state index is 8.67. The van der Waals surface area contributed by atoms with Crippen molar-refractivity contribution < 1.29 is 10.3 Å². The smallest absolute Gasteiger partial charge is 0.0903 e. The zero-order chi connectivity index (χ0) is 8.69. The second-order valence-electron chi connectivity index (χ2n) is 1.97. The van der Waals surface area contributed by atoms with E-state index in [0.717, 1.165) is 5.57 Å². The summed E-state index contributed by atoms with van der Waals surface area (Å²) < 4.78 is 0. The van der Waals surface area contributed by atoms with Crippen molar-refractivity contribution in [3.8, 4) is 0 Å². The molecule has 0 aromatic carbocycles. The molecule has 0 radical (unpaired) electrons. The van der Waals surface area contributed by atoms with Crippen molar-refractivity contribution in [1.82, 2.24) is 5.48 Å². The zero-order valence-corrected chi connectivity index (χ0v) is 7.71. The fourth-order valence-corrected chi connectivity index (χ4v) is 0.707. The van der Waals surface area contributed by atoms with Gasteiger partial charge in [-0.2, -0.15) is 5.48 Å². The van der Waals surface area contributed by atoms with Crippen molar-refractivity contribution in [1.29, 1.82) is 0 Å². The summed E-state index contributed by atoms with van der Waals surface area (Å²) in [5.74, 6) is 0. The molecule has 0 aromatic heterocycles. The van der Waals surface area contributed by atoms with Crippen molar-refractivity contribution in [2.45, 2.75) is 11.4 Å². The highest BCUT2D eigenvalue weighted by molar-refractivity contribution is 9.09. The van der Waals surface area contributed by atoms with Crippen LogP contribution in [0, 0.1) is 0 Å². The molecule has 0 fully saturated rings. The van der Waals surface area contributed by atoms with E-state index in [2.05, 4.69) is 22.5 Å². The molecule has 0 aliphatic rings. The van der Waals surface area contributed by atoms with Crippen LogP contribution in [-0.4, -0.2) is 21.9 Å². The van der Waals surface area contributed by atoms with Gasteiger partial charge in [0.1, 0.15) is 0 Å². The molecule has 64 valence electrons. The van der Waals surface area contributed by atoms with Gasteiger partial charge in [0.15, 0.2) is 0 Å². The first kappa shape index (κ1) is 10.8. The first-order valence-electron chi connectivity index (χ1n) is 3.20. The Morgan fingerprint density at radius 2 is 2.36 bits per heavy atom. The van der Waals surface area contributed by atoms with Crippen LogP contribution in [-0.2, 0) is 0 Å². The van der Waals surface area contributed by atoms with Crippen molar-refractivity contribution in [3.05, 3.63) is 24.3 Å². The minimum atomic E-state index is -0.177. The number of alkyl halides is 1. The third-order valence-corrected chi connectivity index (χ3v) is 1.75. The lowest BCUT2D eigenvalue weighted by Crippen LogP contribution is -2.17. The summed E-state index contributed by atoms with van der Waals surface area (Å²) in [5, 5.41) is 17.1. The molecule has 0 bridgehead atoms. The number of nitrogens with one attached hydrogen (secondary N) is 1.